The first kappa shape index (κ1) is 23.3. The maximum absolute atomic E-state index is 12.3. The van der Waals surface area contributed by atoms with Crippen LogP contribution >= 0.6 is 11.6 Å². The summed E-state index contributed by atoms with van der Waals surface area (Å²) in [4.78, 5) is 17.1. The van der Waals surface area contributed by atoms with E-state index >= 15 is 0 Å². The summed E-state index contributed by atoms with van der Waals surface area (Å²) in [6.45, 7) is 0.841. The van der Waals surface area contributed by atoms with E-state index in [9.17, 15) is 4.79 Å². The van der Waals surface area contributed by atoms with E-state index in [0.29, 0.717) is 35.3 Å². The minimum Gasteiger partial charge on any atom is -0.497 e. The Morgan fingerprint density at radius 3 is 2.53 bits per heavy atom. The maximum atomic E-state index is 12.3. The highest BCUT2D eigenvalue weighted by Gasteiger charge is 2.12. The van der Waals surface area contributed by atoms with E-state index < -0.39 is 0 Å². The molecule has 0 fully saturated rings. The lowest BCUT2D eigenvalue weighted by Crippen LogP contribution is -2.32. The zero-order valence-corrected chi connectivity index (χ0v) is 19.8. The Morgan fingerprint density at radius 1 is 1.09 bits per heavy atom. The summed E-state index contributed by atoms with van der Waals surface area (Å²) in [5, 5.41) is 14.0. The van der Waals surface area contributed by atoms with Crippen molar-refractivity contribution in [3.05, 3.63) is 59.8 Å². The Morgan fingerprint density at radius 2 is 1.82 bits per heavy atom. The van der Waals surface area contributed by atoms with Gasteiger partial charge in [-0.15, -0.1) is 0 Å². The van der Waals surface area contributed by atoms with Gasteiger partial charge in [0, 0.05) is 59.8 Å². The normalized spacial score (nSPS) is 10.7. The van der Waals surface area contributed by atoms with Crippen LogP contribution in [0, 0.1) is 0 Å². The number of urea groups is 1. The third-order valence-corrected chi connectivity index (χ3v) is 5.45. The van der Waals surface area contributed by atoms with Gasteiger partial charge in [0.15, 0.2) is 5.65 Å². The van der Waals surface area contributed by atoms with Crippen LogP contribution in [0.2, 0.25) is 5.02 Å². The van der Waals surface area contributed by atoms with Crippen LogP contribution in [0.25, 0.3) is 16.9 Å². The quantitative estimate of drug-likeness (QED) is 0.266. The van der Waals surface area contributed by atoms with Crippen LogP contribution in [0.15, 0.2) is 54.7 Å². The third-order valence-electron chi connectivity index (χ3n) is 5.12. The molecule has 0 unspecified atom stereocenters. The minimum absolute atomic E-state index is 0.344. The van der Waals surface area contributed by atoms with Crippen molar-refractivity contribution in [3.63, 3.8) is 0 Å². The zero-order valence-electron chi connectivity index (χ0n) is 19.1. The number of benzene rings is 2. The first-order valence-electron chi connectivity index (χ1n) is 10.6. The molecule has 9 nitrogen and oxygen atoms in total. The van der Waals surface area contributed by atoms with Gasteiger partial charge in [0.25, 0.3) is 0 Å². The van der Waals surface area contributed by atoms with Crippen LogP contribution in [0.3, 0.4) is 0 Å². The topological polar surface area (TPSA) is 102 Å². The van der Waals surface area contributed by atoms with Crippen LogP contribution in [-0.4, -0.2) is 55.8 Å². The van der Waals surface area contributed by atoms with E-state index in [2.05, 4.69) is 21.0 Å². The van der Waals surface area contributed by atoms with E-state index in [1.165, 1.54) is 0 Å². The van der Waals surface area contributed by atoms with Gasteiger partial charge in [0.05, 0.1) is 19.9 Å². The Hall–Kier alpha value is -3.92. The summed E-state index contributed by atoms with van der Waals surface area (Å²) in [6, 6.07) is 14.3. The number of methoxy groups -OCH3 is 2. The number of nitrogens with zero attached hydrogens (tertiary/aromatic N) is 3. The number of nitrogens with one attached hydrogen (secondary N) is 3. The van der Waals surface area contributed by atoms with Gasteiger partial charge in [-0.1, -0.05) is 29.8 Å². The molecule has 4 aromatic rings. The van der Waals surface area contributed by atoms with Gasteiger partial charge in [-0.05, 0) is 11.5 Å². The van der Waals surface area contributed by atoms with Gasteiger partial charge in [0.1, 0.15) is 25.2 Å². The number of carbonyl (C=O) groups is 1. The number of amides is 2. The standard InChI is InChI=1S/C23H24BClN6O3/c1-33-15-9-14(10-16(11-15)34-2)29-23(32)27-8-7-26-21-12-20(17-5-3-4-6-19(17)25)30-22-18(24)13-28-31(21)22/h3-6,9-13,26H,7-8,24H2,1-2H3,(H2,27,29,32). The van der Waals surface area contributed by atoms with Gasteiger partial charge in [-0.25, -0.2) is 9.78 Å². The minimum atomic E-state index is -0.344. The molecule has 0 saturated heterocycles. The average Bonchev–Trinajstić information content (AvgIpc) is 3.22. The fourth-order valence-electron chi connectivity index (χ4n) is 3.43. The van der Waals surface area contributed by atoms with E-state index in [-0.39, 0.29) is 6.03 Å². The molecule has 2 aromatic heterocycles. The molecule has 2 aromatic carbocycles. The molecule has 4 rings (SSSR count). The molecule has 0 bridgehead atoms. The number of hydrogen-bond acceptors (Lipinski definition) is 6. The van der Waals surface area contributed by atoms with E-state index in [0.717, 1.165) is 28.2 Å². The number of aromatic nitrogens is 3. The van der Waals surface area contributed by atoms with E-state index in [1.807, 2.05) is 38.2 Å². The molecule has 0 saturated carbocycles. The monoisotopic (exact) mass is 478 g/mol. The molecule has 34 heavy (non-hydrogen) atoms. The lowest BCUT2D eigenvalue weighted by molar-refractivity contribution is 0.252. The fraction of sp³-hybridized carbons (Fsp3) is 0.174. The lowest BCUT2D eigenvalue weighted by Gasteiger charge is -2.13. The number of ether oxygens (including phenoxy) is 2. The molecule has 0 radical (unpaired) electrons. The number of rotatable bonds is 8. The fourth-order valence-corrected chi connectivity index (χ4v) is 3.66. The largest absolute Gasteiger partial charge is 0.497 e. The van der Waals surface area contributed by atoms with E-state index in [4.69, 9.17) is 26.1 Å². The summed E-state index contributed by atoms with van der Waals surface area (Å²) in [5.41, 5.74) is 3.82. The second-order valence-corrected chi connectivity index (χ2v) is 7.89. The molecule has 174 valence electrons. The van der Waals surface area contributed by atoms with Crippen LogP contribution in [0.5, 0.6) is 11.5 Å². The number of carbonyl (C=O) groups excluding carboxylic acids is 1. The average molecular weight is 479 g/mol. The highest BCUT2D eigenvalue weighted by atomic mass is 35.5. The molecule has 2 amide bonds. The predicted octanol–water partition coefficient (Wildman–Crippen LogP) is 2.56. The van der Waals surface area contributed by atoms with Crippen LogP contribution in [0.4, 0.5) is 16.3 Å². The molecule has 0 atom stereocenters. The number of hydrogen-bond donors (Lipinski definition) is 3. The van der Waals surface area contributed by atoms with Crippen molar-refractivity contribution in [3.8, 4) is 22.8 Å². The lowest BCUT2D eigenvalue weighted by atomic mass is 10.0. The number of fused-ring (bicyclic) bond motifs is 1. The zero-order chi connectivity index (χ0) is 24.1. The molecular weight excluding hydrogens is 455 g/mol. The number of anilines is 2. The van der Waals surface area contributed by atoms with Gasteiger partial charge >= 0.3 is 6.03 Å². The van der Waals surface area contributed by atoms with Crippen LogP contribution in [0.1, 0.15) is 0 Å². The van der Waals surface area contributed by atoms with Crippen LogP contribution < -0.4 is 30.9 Å². The second-order valence-electron chi connectivity index (χ2n) is 7.48. The Kier molecular flexibility index (Phi) is 7.08. The van der Waals surface area contributed by atoms with Crippen LogP contribution in [-0.2, 0) is 0 Å². The first-order valence-corrected chi connectivity index (χ1v) is 11.0. The van der Waals surface area contributed by atoms with Crippen molar-refractivity contribution in [2.45, 2.75) is 0 Å². The van der Waals surface area contributed by atoms with Crippen molar-refractivity contribution < 1.29 is 14.3 Å². The van der Waals surface area contributed by atoms with Crippen molar-refractivity contribution in [1.82, 2.24) is 19.9 Å². The molecule has 0 aliphatic carbocycles. The number of halogens is 1. The maximum Gasteiger partial charge on any atom is 0.319 e. The van der Waals surface area contributed by atoms with Gasteiger partial charge in [-0.2, -0.15) is 9.61 Å². The van der Waals surface area contributed by atoms with Crippen molar-refractivity contribution in [1.29, 1.82) is 0 Å². The van der Waals surface area contributed by atoms with Gasteiger partial charge in [0.2, 0.25) is 0 Å². The smallest absolute Gasteiger partial charge is 0.319 e. The summed E-state index contributed by atoms with van der Waals surface area (Å²) >= 11 is 6.39. The molecule has 0 aliphatic heterocycles. The molecule has 0 aliphatic rings. The second kappa shape index (κ2) is 10.3. The molecule has 0 spiro atoms. The van der Waals surface area contributed by atoms with Gasteiger partial charge < -0.3 is 25.4 Å². The molecule has 3 N–H and O–H groups in total. The first-order chi connectivity index (χ1) is 16.5. The molecule has 11 heteroatoms. The summed E-state index contributed by atoms with van der Waals surface area (Å²) in [6.07, 6.45) is 1.76. The Labute approximate surface area is 202 Å². The van der Waals surface area contributed by atoms with Crippen molar-refractivity contribution in [2.24, 2.45) is 0 Å². The third kappa shape index (κ3) is 5.18. The Balaban J connectivity index is 1.42. The molecular formula is C23H24BClN6O3. The van der Waals surface area contributed by atoms with Crippen molar-refractivity contribution >= 4 is 48.1 Å². The summed E-state index contributed by atoms with van der Waals surface area (Å²) in [5.74, 6) is 1.91. The van der Waals surface area contributed by atoms with E-state index in [1.54, 1.807) is 43.1 Å². The highest BCUT2D eigenvalue weighted by molar-refractivity contribution is 6.36. The SMILES string of the molecule is Bc1cnn2c(NCCNC(=O)Nc3cc(OC)cc(OC)c3)cc(-c3ccccc3Cl)nc12. The Bertz CT molecular complexity index is 1310. The summed E-state index contributed by atoms with van der Waals surface area (Å²) < 4.78 is 12.2. The summed E-state index contributed by atoms with van der Waals surface area (Å²) in [7, 11) is 5.06. The van der Waals surface area contributed by atoms with Crippen molar-refractivity contribution in [2.75, 3.05) is 37.9 Å². The molecule has 2 heterocycles. The van der Waals surface area contributed by atoms with Gasteiger partial charge in [-0.3, -0.25) is 0 Å². The predicted molar refractivity (Wildman–Crippen MR) is 137 cm³/mol. The highest BCUT2D eigenvalue weighted by Crippen LogP contribution is 2.28.